The maximum atomic E-state index is 8.79. The van der Waals surface area contributed by atoms with E-state index in [0.29, 0.717) is 5.92 Å². The van der Waals surface area contributed by atoms with Crippen molar-refractivity contribution in [2.75, 3.05) is 0 Å². The number of allylic oxidation sites excluding steroid dienone is 2. The monoisotopic (exact) mass is 149 g/mol. The number of hydrogen-bond acceptors (Lipinski definition) is 1. The quantitative estimate of drug-likeness (QED) is 0.554. The highest BCUT2D eigenvalue weighted by Crippen LogP contribution is 2.26. The normalized spacial score (nSPS) is 26.0. The molecule has 11 heavy (non-hydrogen) atoms. The Morgan fingerprint density at radius 3 is 3.00 bits per heavy atom. The molecule has 0 N–H and O–H groups in total. The minimum atomic E-state index is 0.256. The van der Waals surface area contributed by atoms with Gasteiger partial charge in [0.05, 0.1) is 12.0 Å². The molecule has 0 spiro atoms. The summed E-state index contributed by atoms with van der Waals surface area (Å²) in [5, 5.41) is 8.79. The Morgan fingerprint density at radius 1 is 1.73 bits per heavy atom. The Balaban J connectivity index is 2.51. The summed E-state index contributed by atoms with van der Waals surface area (Å²) in [6.45, 7) is 2.09. The lowest BCUT2D eigenvalue weighted by Gasteiger charge is -2.19. The molecule has 0 bridgehead atoms. The fraction of sp³-hybridized carbons (Fsp3) is 0.700. The predicted molar refractivity (Wildman–Crippen MR) is 45.9 cm³/mol. The fourth-order valence-electron chi connectivity index (χ4n) is 1.66. The van der Waals surface area contributed by atoms with Crippen molar-refractivity contribution in [1.29, 1.82) is 5.26 Å². The van der Waals surface area contributed by atoms with Gasteiger partial charge in [0.15, 0.2) is 0 Å². The zero-order valence-corrected chi connectivity index (χ0v) is 7.09. The molecule has 0 saturated carbocycles. The first-order valence-corrected chi connectivity index (χ1v) is 4.44. The van der Waals surface area contributed by atoms with Gasteiger partial charge in [0.25, 0.3) is 0 Å². The van der Waals surface area contributed by atoms with E-state index in [-0.39, 0.29) is 5.92 Å². The van der Waals surface area contributed by atoms with E-state index in [1.54, 1.807) is 0 Å². The van der Waals surface area contributed by atoms with Gasteiger partial charge in [-0.25, -0.2) is 0 Å². The molecule has 1 heteroatoms. The van der Waals surface area contributed by atoms with Crippen LogP contribution in [-0.4, -0.2) is 0 Å². The molecule has 0 aromatic rings. The number of hydrogen-bond donors (Lipinski definition) is 0. The van der Waals surface area contributed by atoms with E-state index in [9.17, 15) is 0 Å². The smallest absolute Gasteiger partial charge is 0.0661 e. The van der Waals surface area contributed by atoms with E-state index >= 15 is 0 Å². The van der Waals surface area contributed by atoms with Crippen LogP contribution in [0.4, 0.5) is 0 Å². The van der Waals surface area contributed by atoms with E-state index in [1.165, 1.54) is 19.3 Å². The van der Waals surface area contributed by atoms with Crippen LogP contribution in [0.1, 0.15) is 32.6 Å². The topological polar surface area (TPSA) is 23.8 Å². The standard InChI is InChI=1S/C10H15N/c1-2-9(8-11)10-6-4-3-5-7-10/h4,6,9-10H,2-3,5,7H2,1H3/t9-,10-/m1/s1. The summed E-state index contributed by atoms with van der Waals surface area (Å²) in [5.41, 5.74) is 0. The molecule has 1 rings (SSSR count). The molecule has 60 valence electrons. The van der Waals surface area contributed by atoms with Gasteiger partial charge in [0, 0.05) is 0 Å². The summed E-state index contributed by atoms with van der Waals surface area (Å²) in [5.74, 6) is 0.797. The Hall–Kier alpha value is -0.770. The first-order chi connectivity index (χ1) is 5.38. The number of nitrogens with zero attached hydrogens (tertiary/aromatic N) is 1. The average Bonchev–Trinajstić information content (AvgIpc) is 2.09. The van der Waals surface area contributed by atoms with Crippen LogP contribution in [0.2, 0.25) is 0 Å². The summed E-state index contributed by atoms with van der Waals surface area (Å²) in [6, 6.07) is 2.37. The third kappa shape index (κ3) is 2.08. The Kier molecular flexibility index (Phi) is 3.16. The summed E-state index contributed by atoms with van der Waals surface area (Å²) in [7, 11) is 0. The SMILES string of the molecule is CC[C@H](C#N)[C@@H]1C=CCCC1. The Labute approximate surface area is 68.7 Å². The van der Waals surface area contributed by atoms with Crippen molar-refractivity contribution >= 4 is 0 Å². The summed E-state index contributed by atoms with van der Waals surface area (Å²) in [6.07, 6.45) is 9.11. The lowest BCUT2D eigenvalue weighted by molar-refractivity contribution is 0.419. The van der Waals surface area contributed by atoms with Crippen LogP contribution in [0.5, 0.6) is 0 Å². The third-order valence-electron chi connectivity index (χ3n) is 2.41. The lowest BCUT2D eigenvalue weighted by Crippen LogP contribution is -2.11. The third-order valence-corrected chi connectivity index (χ3v) is 2.41. The van der Waals surface area contributed by atoms with Gasteiger partial charge >= 0.3 is 0 Å². The molecule has 0 heterocycles. The van der Waals surface area contributed by atoms with Crippen LogP contribution in [0.25, 0.3) is 0 Å². The van der Waals surface area contributed by atoms with E-state index in [0.717, 1.165) is 6.42 Å². The van der Waals surface area contributed by atoms with Gasteiger partial charge in [-0.2, -0.15) is 5.26 Å². The van der Waals surface area contributed by atoms with Crippen molar-refractivity contribution in [2.24, 2.45) is 11.8 Å². The largest absolute Gasteiger partial charge is 0.198 e. The maximum absolute atomic E-state index is 8.79. The van der Waals surface area contributed by atoms with Crippen LogP contribution in [0.15, 0.2) is 12.2 Å². The highest BCUT2D eigenvalue weighted by Gasteiger charge is 2.17. The molecule has 0 fully saturated rings. The molecule has 1 aliphatic rings. The summed E-state index contributed by atoms with van der Waals surface area (Å²) in [4.78, 5) is 0. The summed E-state index contributed by atoms with van der Waals surface area (Å²) >= 11 is 0. The fourth-order valence-corrected chi connectivity index (χ4v) is 1.66. The van der Waals surface area contributed by atoms with Crippen LogP contribution < -0.4 is 0 Å². The van der Waals surface area contributed by atoms with Crippen molar-refractivity contribution in [2.45, 2.75) is 32.6 Å². The highest BCUT2D eigenvalue weighted by molar-refractivity contribution is 5.01. The molecule has 0 saturated heterocycles. The van der Waals surface area contributed by atoms with E-state index in [2.05, 4.69) is 25.1 Å². The second kappa shape index (κ2) is 4.18. The molecule has 2 atom stereocenters. The van der Waals surface area contributed by atoms with Gasteiger partial charge in [0.2, 0.25) is 0 Å². The maximum Gasteiger partial charge on any atom is 0.0661 e. The van der Waals surface area contributed by atoms with Crippen molar-refractivity contribution in [3.8, 4) is 6.07 Å². The molecular weight excluding hydrogens is 134 g/mol. The van der Waals surface area contributed by atoms with Gasteiger partial charge in [-0.1, -0.05) is 19.1 Å². The molecule has 0 amide bonds. The van der Waals surface area contributed by atoms with Gasteiger partial charge < -0.3 is 0 Å². The Bertz CT molecular complexity index is 176. The lowest BCUT2D eigenvalue weighted by atomic mass is 9.84. The minimum absolute atomic E-state index is 0.256. The first kappa shape index (κ1) is 8.33. The van der Waals surface area contributed by atoms with E-state index in [4.69, 9.17) is 5.26 Å². The molecule has 0 unspecified atom stereocenters. The van der Waals surface area contributed by atoms with E-state index < -0.39 is 0 Å². The van der Waals surface area contributed by atoms with Crippen LogP contribution in [-0.2, 0) is 0 Å². The van der Waals surface area contributed by atoms with Gasteiger partial charge in [-0.05, 0) is 31.6 Å². The van der Waals surface area contributed by atoms with Crippen molar-refractivity contribution in [3.63, 3.8) is 0 Å². The van der Waals surface area contributed by atoms with Crippen LogP contribution in [0.3, 0.4) is 0 Å². The number of nitriles is 1. The van der Waals surface area contributed by atoms with Crippen molar-refractivity contribution < 1.29 is 0 Å². The van der Waals surface area contributed by atoms with E-state index in [1.807, 2.05) is 0 Å². The Morgan fingerprint density at radius 2 is 2.55 bits per heavy atom. The number of rotatable bonds is 2. The molecule has 0 aliphatic heterocycles. The second-order valence-corrected chi connectivity index (χ2v) is 3.17. The molecule has 0 radical (unpaired) electrons. The van der Waals surface area contributed by atoms with Gasteiger partial charge in [-0.3, -0.25) is 0 Å². The zero-order chi connectivity index (χ0) is 8.10. The molecule has 0 aromatic carbocycles. The molecule has 1 nitrogen and oxygen atoms in total. The van der Waals surface area contributed by atoms with Crippen LogP contribution in [0, 0.1) is 23.2 Å². The van der Waals surface area contributed by atoms with Crippen molar-refractivity contribution in [3.05, 3.63) is 12.2 Å². The van der Waals surface area contributed by atoms with Gasteiger partial charge in [-0.15, -0.1) is 0 Å². The van der Waals surface area contributed by atoms with Crippen molar-refractivity contribution in [1.82, 2.24) is 0 Å². The molecular formula is C10H15N. The van der Waals surface area contributed by atoms with Crippen LogP contribution >= 0.6 is 0 Å². The molecule has 0 aromatic heterocycles. The molecule has 1 aliphatic carbocycles. The average molecular weight is 149 g/mol. The second-order valence-electron chi connectivity index (χ2n) is 3.17. The highest BCUT2D eigenvalue weighted by atomic mass is 14.3. The first-order valence-electron chi connectivity index (χ1n) is 4.44. The minimum Gasteiger partial charge on any atom is -0.198 e. The van der Waals surface area contributed by atoms with Gasteiger partial charge in [0.1, 0.15) is 0 Å². The summed E-state index contributed by atoms with van der Waals surface area (Å²) < 4.78 is 0. The predicted octanol–water partition coefficient (Wildman–Crippen LogP) is 2.89. The zero-order valence-electron chi connectivity index (χ0n) is 7.09.